The highest BCUT2D eigenvalue weighted by Gasteiger charge is 2.26. The number of anilines is 1. The second-order valence-electron chi connectivity index (χ2n) is 5.30. The Morgan fingerprint density at radius 2 is 2.05 bits per heavy atom. The van der Waals surface area contributed by atoms with Gasteiger partial charge in [-0.05, 0) is 55.3 Å². The van der Waals surface area contributed by atoms with Crippen LogP contribution < -0.4 is 5.73 Å². The molecule has 1 aromatic heterocycles. The molecule has 20 heavy (non-hydrogen) atoms. The van der Waals surface area contributed by atoms with E-state index < -0.39 is 0 Å². The summed E-state index contributed by atoms with van der Waals surface area (Å²) < 4.78 is 0. The van der Waals surface area contributed by atoms with E-state index in [1.807, 2.05) is 18.5 Å². The largest absolute Gasteiger partial charge is 0.508 e. The molecule has 0 aliphatic carbocycles. The fraction of sp³-hybridized carbons (Fsp3) is 0.312. The average Bonchev–Trinajstić information content (AvgIpc) is 2.92. The number of phenols is 1. The van der Waals surface area contributed by atoms with Gasteiger partial charge in [-0.15, -0.1) is 0 Å². The molecule has 4 nitrogen and oxygen atoms in total. The number of hydrogen-bond donors (Lipinski definition) is 2. The van der Waals surface area contributed by atoms with Crippen molar-refractivity contribution in [3.8, 4) is 5.75 Å². The van der Waals surface area contributed by atoms with Crippen LogP contribution in [-0.4, -0.2) is 21.5 Å². The maximum atomic E-state index is 9.96. The quantitative estimate of drug-likeness (QED) is 0.664. The van der Waals surface area contributed by atoms with Gasteiger partial charge in [0.15, 0.2) is 0 Å². The van der Waals surface area contributed by atoms with Crippen molar-refractivity contribution in [3.63, 3.8) is 0 Å². The minimum Gasteiger partial charge on any atom is -0.508 e. The predicted molar refractivity (Wildman–Crippen MR) is 79.1 cm³/mol. The molecule has 0 amide bonds. The highest BCUT2D eigenvalue weighted by atomic mass is 16.3. The lowest BCUT2D eigenvalue weighted by Gasteiger charge is -2.25. The number of aromatic hydroxyl groups is 1. The van der Waals surface area contributed by atoms with Gasteiger partial charge in [0.2, 0.25) is 0 Å². The van der Waals surface area contributed by atoms with Gasteiger partial charge in [-0.25, -0.2) is 0 Å². The minimum atomic E-state index is 0.319. The molecule has 0 bridgehead atoms. The van der Waals surface area contributed by atoms with Gasteiger partial charge in [-0.1, -0.05) is 0 Å². The Kier molecular flexibility index (Phi) is 3.56. The topological polar surface area (TPSA) is 62.4 Å². The second kappa shape index (κ2) is 5.51. The molecule has 2 aromatic rings. The van der Waals surface area contributed by atoms with Gasteiger partial charge < -0.3 is 10.8 Å². The molecule has 1 saturated heterocycles. The maximum Gasteiger partial charge on any atom is 0.120 e. The summed E-state index contributed by atoms with van der Waals surface area (Å²) in [5, 5.41) is 9.96. The molecule has 1 fully saturated rings. The molecule has 1 aromatic carbocycles. The zero-order valence-electron chi connectivity index (χ0n) is 11.4. The van der Waals surface area contributed by atoms with Crippen LogP contribution >= 0.6 is 0 Å². The summed E-state index contributed by atoms with van der Waals surface area (Å²) in [7, 11) is 0. The van der Waals surface area contributed by atoms with Gasteiger partial charge in [0.05, 0.1) is 0 Å². The van der Waals surface area contributed by atoms with Crippen LogP contribution in [-0.2, 0) is 6.54 Å². The van der Waals surface area contributed by atoms with E-state index in [1.54, 1.807) is 12.1 Å². The lowest BCUT2D eigenvalue weighted by Crippen LogP contribution is -2.22. The molecule has 2 heterocycles. The highest BCUT2D eigenvalue weighted by molar-refractivity contribution is 5.47. The van der Waals surface area contributed by atoms with Gasteiger partial charge >= 0.3 is 0 Å². The highest BCUT2D eigenvalue weighted by Crippen LogP contribution is 2.34. The third-order valence-corrected chi connectivity index (χ3v) is 3.93. The van der Waals surface area contributed by atoms with Gasteiger partial charge in [0.25, 0.3) is 0 Å². The first kappa shape index (κ1) is 12.9. The molecule has 1 unspecified atom stereocenters. The van der Waals surface area contributed by atoms with E-state index in [9.17, 15) is 5.11 Å². The molecule has 1 aliphatic heterocycles. The van der Waals surface area contributed by atoms with Crippen molar-refractivity contribution in [2.75, 3.05) is 12.3 Å². The Hall–Kier alpha value is -2.07. The van der Waals surface area contributed by atoms with E-state index in [1.165, 1.54) is 12.0 Å². The Morgan fingerprint density at radius 3 is 2.85 bits per heavy atom. The predicted octanol–water partition coefficient (Wildman–Crippen LogP) is 2.71. The number of nitrogens with two attached hydrogens (primary N) is 1. The molecule has 1 aliphatic rings. The van der Waals surface area contributed by atoms with E-state index in [2.05, 4.69) is 22.0 Å². The number of aromatic nitrogens is 1. The van der Waals surface area contributed by atoms with Crippen LogP contribution in [0.4, 0.5) is 5.69 Å². The Balaban J connectivity index is 1.81. The molecule has 0 saturated carbocycles. The number of likely N-dealkylation sites (tertiary alicyclic amines) is 1. The van der Waals surface area contributed by atoms with Gasteiger partial charge in [-0.2, -0.15) is 0 Å². The van der Waals surface area contributed by atoms with Crippen LogP contribution in [0.5, 0.6) is 5.75 Å². The van der Waals surface area contributed by atoms with Gasteiger partial charge in [-0.3, -0.25) is 9.88 Å². The van der Waals surface area contributed by atoms with E-state index >= 15 is 0 Å². The number of nitrogens with zero attached hydrogens (tertiary/aromatic N) is 2. The molecule has 0 spiro atoms. The summed E-state index contributed by atoms with van der Waals surface area (Å²) in [4.78, 5) is 6.47. The SMILES string of the molecule is Nc1ccc(O)c(CN2CCCC2c2ccncc2)c1. The third-order valence-electron chi connectivity index (χ3n) is 3.93. The van der Waals surface area contributed by atoms with Crippen LogP contribution in [0.3, 0.4) is 0 Å². The fourth-order valence-electron chi connectivity index (χ4n) is 2.93. The second-order valence-corrected chi connectivity index (χ2v) is 5.30. The van der Waals surface area contributed by atoms with E-state index in [-0.39, 0.29) is 0 Å². The first-order chi connectivity index (χ1) is 9.74. The Bertz CT molecular complexity index is 586. The van der Waals surface area contributed by atoms with Crippen molar-refractivity contribution >= 4 is 5.69 Å². The molecule has 3 rings (SSSR count). The first-order valence-electron chi connectivity index (χ1n) is 6.95. The van der Waals surface area contributed by atoms with Crippen molar-refractivity contribution in [1.29, 1.82) is 0 Å². The smallest absolute Gasteiger partial charge is 0.120 e. The molecule has 1 atom stereocenters. The van der Waals surface area contributed by atoms with Crippen LogP contribution in [0.1, 0.15) is 30.0 Å². The number of phenolic OH excluding ortho intramolecular Hbond substituents is 1. The fourth-order valence-corrected chi connectivity index (χ4v) is 2.93. The number of hydrogen-bond acceptors (Lipinski definition) is 4. The summed E-state index contributed by atoms with van der Waals surface area (Å²) in [6, 6.07) is 9.80. The number of benzene rings is 1. The van der Waals surface area contributed by atoms with Crippen molar-refractivity contribution in [1.82, 2.24) is 9.88 Å². The summed E-state index contributed by atoms with van der Waals surface area (Å²) >= 11 is 0. The van der Waals surface area contributed by atoms with Crippen molar-refractivity contribution in [2.45, 2.75) is 25.4 Å². The molecular weight excluding hydrogens is 250 g/mol. The summed E-state index contributed by atoms with van der Waals surface area (Å²) in [6.45, 7) is 1.77. The number of nitrogen functional groups attached to an aromatic ring is 1. The zero-order valence-corrected chi connectivity index (χ0v) is 11.4. The monoisotopic (exact) mass is 269 g/mol. The zero-order chi connectivity index (χ0) is 13.9. The van der Waals surface area contributed by atoms with Crippen molar-refractivity contribution in [2.24, 2.45) is 0 Å². The van der Waals surface area contributed by atoms with Crippen LogP contribution in [0.25, 0.3) is 0 Å². The maximum absolute atomic E-state index is 9.96. The number of rotatable bonds is 3. The van der Waals surface area contributed by atoms with E-state index in [0.29, 0.717) is 17.5 Å². The Morgan fingerprint density at radius 1 is 1.25 bits per heavy atom. The lowest BCUT2D eigenvalue weighted by atomic mass is 10.1. The van der Waals surface area contributed by atoms with E-state index in [0.717, 1.165) is 25.1 Å². The van der Waals surface area contributed by atoms with Crippen molar-refractivity contribution < 1.29 is 5.11 Å². The molecule has 4 heteroatoms. The molecule has 104 valence electrons. The van der Waals surface area contributed by atoms with Gasteiger partial charge in [0, 0.05) is 36.2 Å². The van der Waals surface area contributed by atoms with Gasteiger partial charge in [0.1, 0.15) is 5.75 Å². The Labute approximate surface area is 118 Å². The van der Waals surface area contributed by atoms with Crippen LogP contribution in [0, 0.1) is 0 Å². The lowest BCUT2D eigenvalue weighted by molar-refractivity contribution is 0.245. The summed E-state index contributed by atoms with van der Waals surface area (Å²) in [6.07, 6.45) is 6.00. The average molecular weight is 269 g/mol. The normalized spacial score (nSPS) is 19.3. The summed E-state index contributed by atoms with van der Waals surface area (Å²) in [5.41, 5.74) is 8.69. The molecular formula is C16H19N3O. The van der Waals surface area contributed by atoms with Crippen LogP contribution in [0.15, 0.2) is 42.7 Å². The number of pyridine rings is 1. The summed E-state index contributed by atoms with van der Waals surface area (Å²) in [5.74, 6) is 0.319. The molecule has 3 N–H and O–H groups in total. The van der Waals surface area contributed by atoms with E-state index in [4.69, 9.17) is 5.73 Å². The standard InChI is InChI=1S/C16H19N3O/c17-14-3-4-16(20)13(10-14)11-19-9-1-2-15(19)12-5-7-18-8-6-12/h3-8,10,15,20H,1-2,9,11,17H2. The van der Waals surface area contributed by atoms with Crippen LogP contribution in [0.2, 0.25) is 0 Å². The minimum absolute atomic E-state index is 0.319. The molecule has 0 radical (unpaired) electrons. The third kappa shape index (κ3) is 2.60. The van der Waals surface area contributed by atoms with Crippen molar-refractivity contribution in [3.05, 3.63) is 53.9 Å². The first-order valence-corrected chi connectivity index (χ1v) is 6.95.